The van der Waals surface area contributed by atoms with Gasteiger partial charge in [0.1, 0.15) is 18.2 Å². The first-order valence-electron chi connectivity index (χ1n) is 4.21. The molecule has 1 heterocycles. The van der Waals surface area contributed by atoms with Gasteiger partial charge < -0.3 is 9.72 Å². The second-order valence-corrected chi connectivity index (χ2v) is 3.70. The van der Waals surface area contributed by atoms with Gasteiger partial charge in [0, 0.05) is 16.9 Å². The lowest BCUT2D eigenvalue weighted by Gasteiger charge is -2.03. The topological polar surface area (TPSA) is 37.9 Å². The van der Waals surface area contributed by atoms with Gasteiger partial charge in [0.25, 0.3) is 0 Å². The van der Waals surface area contributed by atoms with E-state index >= 15 is 0 Å². The molecule has 0 saturated heterocycles. The predicted molar refractivity (Wildman–Crippen MR) is 57.1 cm³/mol. The van der Waals surface area contributed by atoms with Crippen molar-refractivity contribution in [1.29, 1.82) is 0 Å². The van der Waals surface area contributed by atoms with Gasteiger partial charge in [-0.25, -0.2) is 4.98 Å². The predicted octanol–water partition coefficient (Wildman–Crippen LogP) is 2.75. The molecule has 0 bridgehead atoms. The minimum Gasteiger partial charge on any atom is -0.486 e. The fourth-order valence-corrected chi connectivity index (χ4v) is 1.46. The Morgan fingerprint density at radius 3 is 3.07 bits per heavy atom. The van der Waals surface area contributed by atoms with Crippen LogP contribution < -0.4 is 4.74 Å². The smallest absolute Gasteiger partial charge is 0.146 e. The Kier molecular flexibility index (Phi) is 2.84. The van der Waals surface area contributed by atoms with Crippen molar-refractivity contribution in [2.24, 2.45) is 0 Å². The number of hydrogen-bond acceptors (Lipinski definition) is 2. The summed E-state index contributed by atoms with van der Waals surface area (Å²) in [5, 5.41) is 0. The molecule has 0 radical (unpaired) electrons. The van der Waals surface area contributed by atoms with Crippen LogP contribution in [0.1, 0.15) is 5.82 Å². The lowest BCUT2D eigenvalue weighted by Crippen LogP contribution is -1.96. The molecule has 0 aliphatic carbocycles. The van der Waals surface area contributed by atoms with Gasteiger partial charge in [-0.2, -0.15) is 0 Å². The van der Waals surface area contributed by atoms with Crippen LogP contribution in [0.3, 0.4) is 0 Å². The highest BCUT2D eigenvalue weighted by atomic mass is 79.9. The van der Waals surface area contributed by atoms with Crippen LogP contribution in [0.25, 0.3) is 0 Å². The van der Waals surface area contributed by atoms with Gasteiger partial charge in [-0.05, 0) is 18.2 Å². The monoisotopic (exact) mass is 252 g/mol. The van der Waals surface area contributed by atoms with E-state index in [2.05, 4.69) is 25.9 Å². The molecule has 0 fully saturated rings. The molecule has 3 nitrogen and oxygen atoms in total. The fourth-order valence-electron chi connectivity index (χ4n) is 1.09. The van der Waals surface area contributed by atoms with Crippen LogP contribution in [0, 0.1) is 0 Å². The van der Waals surface area contributed by atoms with Gasteiger partial charge in [0.2, 0.25) is 0 Å². The van der Waals surface area contributed by atoms with Crippen LogP contribution in [0.15, 0.2) is 41.1 Å². The third-order valence-electron chi connectivity index (χ3n) is 1.73. The zero-order valence-electron chi connectivity index (χ0n) is 7.40. The van der Waals surface area contributed by atoms with E-state index in [-0.39, 0.29) is 0 Å². The molecule has 0 amide bonds. The van der Waals surface area contributed by atoms with E-state index in [0.717, 1.165) is 16.0 Å². The second-order valence-electron chi connectivity index (χ2n) is 2.78. The average molecular weight is 253 g/mol. The average Bonchev–Trinajstić information content (AvgIpc) is 2.67. The summed E-state index contributed by atoms with van der Waals surface area (Å²) >= 11 is 3.38. The molecule has 72 valence electrons. The molecule has 0 saturated carbocycles. The van der Waals surface area contributed by atoms with Gasteiger partial charge in [-0.1, -0.05) is 22.0 Å². The summed E-state index contributed by atoms with van der Waals surface area (Å²) in [5.41, 5.74) is 0. The van der Waals surface area contributed by atoms with Crippen molar-refractivity contribution in [1.82, 2.24) is 9.97 Å². The van der Waals surface area contributed by atoms with Crippen molar-refractivity contribution in [2.45, 2.75) is 6.61 Å². The Morgan fingerprint density at radius 1 is 1.43 bits per heavy atom. The molecule has 4 heteroatoms. The van der Waals surface area contributed by atoms with Crippen LogP contribution in [-0.2, 0) is 6.61 Å². The van der Waals surface area contributed by atoms with Crippen molar-refractivity contribution in [3.8, 4) is 5.75 Å². The first-order valence-corrected chi connectivity index (χ1v) is 5.00. The van der Waals surface area contributed by atoms with Crippen LogP contribution in [0.5, 0.6) is 5.75 Å². The number of benzene rings is 1. The van der Waals surface area contributed by atoms with Crippen molar-refractivity contribution in [3.63, 3.8) is 0 Å². The molecule has 1 N–H and O–H groups in total. The maximum atomic E-state index is 5.51. The second kappa shape index (κ2) is 4.28. The van der Waals surface area contributed by atoms with Gasteiger partial charge in [-0.15, -0.1) is 0 Å². The molecule has 0 atom stereocenters. The van der Waals surface area contributed by atoms with E-state index in [1.807, 2.05) is 24.3 Å². The Labute approximate surface area is 90.3 Å². The van der Waals surface area contributed by atoms with Crippen molar-refractivity contribution in [2.75, 3.05) is 0 Å². The highest BCUT2D eigenvalue weighted by molar-refractivity contribution is 9.10. The molecule has 1 aromatic carbocycles. The molecule has 0 spiro atoms. The Morgan fingerprint density at radius 2 is 2.36 bits per heavy atom. The summed E-state index contributed by atoms with van der Waals surface area (Å²) in [4.78, 5) is 7.04. The highest BCUT2D eigenvalue weighted by Crippen LogP contribution is 2.18. The molecular weight excluding hydrogens is 244 g/mol. The number of aromatic amines is 1. The van der Waals surface area contributed by atoms with Gasteiger partial charge in [0.05, 0.1) is 0 Å². The summed E-state index contributed by atoms with van der Waals surface area (Å²) in [6, 6.07) is 7.72. The van der Waals surface area contributed by atoms with Crippen molar-refractivity contribution in [3.05, 3.63) is 47.0 Å². The van der Waals surface area contributed by atoms with Gasteiger partial charge in [-0.3, -0.25) is 0 Å². The maximum Gasteiger partial charge on any atom is 0.146 e. The zero-order chi connectivity index (χ0) is 9.80. The number of hydrogen-bond donors (Lipinski definition) is 1. The number of halogens is 1. The quantitative estimate of drug-likeness (QED) is 0.913. The van der Waals surface area contributed by atoms with E-state index in [4.69, 9.17) is 4.74 Å². The Hall–Kier alpha value is -1.29. The molecule has 0 aliphatic heterocycles. The van der Waals surface area contributed by atoms with Gasteiger partial charge >= 0.3 is 0 Å². The number of rotatable bonds is 3. The van der Waals surface area contributed by atoms with E-state index < -0.39 is 0 Å². The maximum absolute atomic E-state index is 5.51. The van der Waals surface area contributed by atoms with E-state index in [1.165, 1.54) is 0 Å². The minimum atomic E-state index is 0.462. The number of ether oxygens (including phenoxy) is 1. The summed E-state index contributed by atoms with van der Waals surface area (Å²) in [7, 11) is 0. The first-order chi connectivity index (χ1) is 6.84. The summed E-state index contributed by atoms with van der Waals surface area (Å²) < 4.78 is 6.52. The van der Waals surface area contributed by atoms with Crippen LogP contribution in [-0.4, -0.2) is 9.97 Å². The van der Waals surface area contributed by atoms with Crippen LogP contribution >= 0.6 is 15.9 Å². The van der Waals surface area contributed by atoms with E-state index in [1.54, 1.807) is 12.4 Å². The largest absolute Gasteiger partial charge is 0.486 e. The third kappa shape index (κ3) is 2.35. The number of nitrogens with zero attached hydrogens (tertiary/aromatic N) is 1. The first kappa shape index (κ1) is 9.27. The van der Waals surface area contributed by atoms with Crippen LogP contribution in [0.2, 0.25) is 0 Å². The van der Waals surface area contributed by atoms with Crippen molar-refractivity contribution >= 4 is 15.9 Å². The van der Waals surface area contributed by atoms with Crippen LogP contribution in [0.4, 0.5) is 0 Å². The fraction of sp³-hybridized carbons (Fsp3) is 0.100. The van der Waals surface area contributed by atoms with E-state index in [0.29, 0.717) is 6.61 Å². The SMILES string of the molecule is Brc1cccc(OCc2ncc[nH]2)c1. The summed E-state index contributed by atoms with van der Waals surface area (Å²) in [6.45, 7) is 0.462. The summed E-state index contributed by atoms with van der Waals surface area (Å²) in [6.07, 6.45) is 3.49. The molecule has 1 aromatic heterocycles. The van der Waals surface area contributed by atoms with E-state index in [9.17, 15) is 0 Å². The molecule has 0 aliphatic rings. The minimum absolute atomic E-state index is 0.462. The molecule has 14 heavy (non-hydrogen) atoms. The molecule has 2 aromatic rings. The molecular formula is C10H9BrN2O. The standard InChI is InChI=1S/C10H9BrN2O/c11-8-2-1-3-9(6-8)14-7-10-12-4-5-13-10/h1-6H,7H2,(H,12,13). The lowest BCUT2D eigenvalue weighted by molar-refractivity contribution is 0.297. The third-order valence-corrected chi connectivity index (χ3v) is 2.22. The molecule has 0 unspecified atom stereocenters. The Bertz CT molecular complexity index is 400. The lowest BCUT2D eigenvalue weighted by atomic mass is 10.3. The summed E-state index contributed by atoms with van der Waals surface area (Å²) in [5.74, 6) is 1.65. The highest BCUT2D eigenvalue weighted by Gasteiger charge is 1.97. The molecule has 2 rings (SSSR count). The number of aromatic nitrogens is 2. The normalized spacial score (nSPS) is 10.1. The van der Waals surface area contributed by atoms with Gasteiger partial charge in [0.15, 0.2) is 0 Å². The van der Waals surface area contributed by atoms with Crippen molar-refractivity contribution < 1.29 is 4.74 Å². The number of nitrogens with one attached hydrogen (secondary N) is 1. The Balaban J connectivity index is 1.98. The number of H-pyrrole nitrogens is 1. The zero-order valence-corrected chi connectivity index (χ0v) is 8.99. The number of imidazole rings is 1.